The van der Waals surface area contributed by atoms with Crippen LogP contribution in [0.15, 0.2) is 193 Å². The van der Waals surface area contributed by atoms with Gasteiger partial charge in [0.25, 0.3) is 0 Å². The highest BCUT2D eigenvalue weighted by atomic mass is 15.2. The van der Waals surface area contributed by atoms with Crippen LogP contribution < -0.4 is 4.90 Å². The first-order chi connectivity index (χ1) is 26.2. The molecule has 1 atom stereocenters. The van der Waals surface area contributed by atoms with Gasteiger partial charge < -0.3 is 4.90 Å². The molecule has 1 heteroatoms. The SMILES string of the molecule is C=Cc1ccccc1/C=C/c1cccc(-c2ccc(N(C3=CCC(c4ccccc4)C=C3)C3=CC=C(C4=CC=CCC4)CC3)cc2C2=CC=CCC2)c1. The van der Waals surface area contributed by atoms with Crippen LogP contribution in [0.4, 0.5) is 5.69 Å². The van der Waals surface area contributed by atoms with Crippen molar-refractivity contribution in [3.8, 4) is 11.1 Å². The van der Waals surface area contributed by atoms with Crippen LogP contribution in [0.5, 0.6) is 0 Å². The Bertz CT molecular complexity index is 2280. The molecule has 260 valence electrons. The number of allylic oxidation sites excluding steroid dienone is 15. The molecule has 0 fully saturated rings. The summed E-state index contributed by atoms with van der Waals surface area (Å²) >= 11 is 0. The van der Waals surface area contributed by atoms with Crippen molar-refractivity contribution in [2.24, 2.45) is 0 Å². The van der Waals surface area contributed by atoms with Gasteiger partial charge in [0.05, 0.1) is 0 Å². The number of anilines is 1. The van der Waals surface area contributed by atoms with Crippen LogP contribution in [0.2, 0.25) is 0 Å². The lowest BCUT2D eigenvalue weighted by Crippen LogP contribution is -2.23. The molecular formula is C52H47N. The van der Waals surface area contributed by atoms with Crippen molar-refractivity contribution in [2.75, 3.05) is 4.90 Å². The monoisotopic (exact) mass is 685 g/mol. The molecule has 8 rings (SSSR count). The molecule has 0 saturated carbocycles. The largest absolute Gasteiger partial charge is 0.315 e. The summed E-state index contributed by atoms with van der Waals surface area (Å²) in [5.74, 6) is 0.392. The second-order valence-electron chi connectivity index (χ2n) is 14.3. The Labute approximate surface area is 316 Å². The molecule has 0 N–H and O–H groups in total. The normalized spacial score (nSPS) is 18.2. The summed E-state index contributed by atoms with van der Waals surface area (Å²) in [6.45, 7) is 4.01. The summed E-state index contributed by atoms with van der Waals surface area (Å²) in [5.41, 5.74) is 16.8. The first-order valence-corrected chi connectivity index (χ1v) is 19.2. The highest BCUT2D eigenvalue weighted by molar-refractivity contribution is 5.87. The lowest BCUT2D eigenvalue weighted by atomic mass is 9.88. The Morgan fingerprint density at radius 1 is 0.623 bits per heavy atom. The van der Waals surface area contributed by atoms with Crippen LogP contribution >= 0.6 is 0 Å². The number of hydrogen-bond donors (Lipinski definition) is 0. The first-order valence-electron chi connectivity index (χ1n) is 19.2. The van der Waals surface area contributed by atoms with E-state index in [1.54, 1.807) is 0 Å². The maximum absolute atomic E-state index is 4.01. The average Bonchev–Trinajstić information content (AvgIpc) is 3.24. The molecule has 4 aliphatic rings. The number of hydrogen-bond acceptors (Lipinski definition) is 1. The van der Waals surface area contributed by atoms with Gasteiger partial charge in [0.1, 0.15) is 0 Å². The molecule has 0 aliphatic heterocycles. The predicted molar refractivity (Wildman–Crippen MR) is 229 cm³/mol. The Morgan fingerprint density at radius 3 is 2.11 bits per heavy atom. The Kier molecular flexibility index (Phi) is 10.4. The number of benzene rings is 4. The molecule has 0 bridgehead atoms. The first kappa shape index (κ1) is 34.2. The number of nitrogens with zero attached hydrogens (tertiary/aromatic N) is 1. The fourth-order valence-electron chi connectivity index (χ4n) is 8.01. The highest BCUT2D eigenvalue weighted by Gasteiger charge is 2.23. The van der Waals surface area contributed by atoms with Gasteiger partial charge in [0.2, 0.25) is 0 Å². The minimum absolute atomic E-state index is 0.392. The molecule has 1 nitrogen and oxygen atoms in total. The molecule has 4 aromatic rings. The Hall–Kier alpha value is -5.92. The van der Waals surface area contributed by atoms with Gasteiger partial charge in [0.15, 0.2) is 0 Å². The van der Waals surface area contributed by atoms with Gasteiger partial charge in [-0.1, -0.05) is 158 Å². The maximum Gasteiger partial charge on any atom is 0.0464 e. The van der Waals surface area contributed by atoms with Gasteiger partial charge in [0, 0.05) is 23.0 Å². The van der Waals surface area contributed by atoms with Crippen molar-refractivity contribution >= 4 is 29.5 Å². The third-order valence-corrected chi connectivity index (χ3v) is 10.9. The van der Waals surface area contributed by atoms with Gasteiger partial charge in [-0.05, 0) is 131 Å². The van der Waals surface area contributed by atoms with Crippen molar-refractivity contribution < 1.29 is 0 Å². The van der Waals surface area contributed by atoms with Gasteiger partial charge in [-0.3, -0.25) is 0 Å². The van der Waals surface area contributed by atoms with Crippen molar-refractivity contribution in [1.29, 1.82) is 0 Å². The van der Waals surface area contributed by atoms with E-state index in [-0.39, 0.29) is 0 Å². The van der Waals surface area contributed by atoms with E-state index in [4.69, 9.17) is 0 Å². The molecule has 0 saturated heterocycles. The minimum atomic E-state index is 0.392. The van der Waals surface area contributed by atoms with Gasteiger partial charge in [-0.25, -0.2) is 0 Å². The zero-order valence-corrected chi connectivity index (χ0v) is 30.5. The van der Waals surface area contributed by atoms with E-state index in [1.807, 2.05) is 6.08 Å². The predicted octanol–water partition coefficient (Wildman–Crippen LogP) is 14.2. The molecule has 4 aromatic carbocycles. The van der Waals surface area contributed by atoms with Crippen LogP contribution in [0.1, 0.15) is 78.7 Å². The molecule has 0 aromatic heterocycles. The molecular weight excluding hydrogens is 639 g/mol. The maximum atomic E-state index is 4.01. The summed E-state index contributed by atoms with van der Waals surface area (Å²) in [7, 11) is 0. The van der Waals surface area contributed by atoms with E-state index < -0.39 is 0 Å². The van der Waals surface area contributed by atoms with Crippen molar-refractivity contribution in [3.63, 3.8) is 0 Å². The third kappa shape index (κ3) is 7.81. The quantitative estimate of drug-likeness (QED) is 0.150. The minimum Gasteiger partial charge on any atom is -0.315 e. The zero-order valence-electron chi connectivity index (χ0n) is 30.5. The second kappa shape index (κ2) is 16.2. The highest BCUT2D eigenvalue weighted by Crippen LogP contribution is 2.41. The zero-order chi connectivity index (χ0) is 35.8. The summed E-state index contributed by atoms with van der Waals surface area (Å²) in [5, 5.41) is 0. The van der Waals surface area contributed by atoms with E-state index in [1.165, 1.54) is 67.2 Å². The fourth-order valence-corrected chi connectivity index (χ4v) is 8.01. The van der Waals surface area contributed by atoms with Gasteiger partial charge in [-0.2, -0.15) is 0 Å². The van der Waals surface area contributed by atoms with Crippen molar-refractivity contribution in [1.82, 2.24) is 0 Å². The summed E-state index contributed by atoms with van der Waals surface area (Å²) < 4.78 is 0. The summed E-state index contributed by atoms with van der Waals surface area (Å²) in [4.78, 5) is 2.53. The lowest BCUT2D eigenvalue weighted by Gasteiger charge is -2.33. The van der Waals surface area contributed by atoms with Crippen molar-refractivity contribution in [2.45, 2.75) is 50.9 Å². The fraction of sp³-hybridized carbons (Fsp3) is 0.154. The molecule has 0 radical (unpaired) electrons. The molecule has 0 amide bonds. The van der Waals surface area contributed by atoms with Crippen LogP contribution in [-0.4, -0.2) is 0 Å². The molecule has 0 spiro atoms. The Balaban J connectivity index is 1.18. The summed E-state index contributed by atoms with van der Waals surface area (Å²) in [6.07, 6.45) is 39.3. The molecule has 53 heavy (non-hydrogen) atoms. The van der Waals surface area contributed by atoms with Gasteiger partial charge in [-0.15, -0.1) is 0 Å². The van der Waals surface area contributed by atoms with Crippen LogP contribution in [-0.2, 0) is 0 Å². The van der Waals surface area contributed by atoms with Gasteiger partial charge >= 0.3 is 0 Å². The van der Waals surface area contributed by atoms with E-state index in [2.05, 4.69) is 188 Å². The second-order valence-corrected chi connectivity index (χ2v) is 14.3. The molecule has 1 unspecified atom stereocenters. The van der Waals surface area contributed by atoms with Crippen molar-refractivity contribution in [3.05, 3.63) is 221 Å². The van der Waals surface area contributed by atoms with Crippen LogP contribution in [0.3, 0.4) is 0 Å². The lowest BCUT2D eigenvalue weighted by molar-refractivity contribution is 0.815. The smallest absolute Gasteiger partial charge is 0.0464 e. The van der Waals surface area contributed by atoms with E-state index in [0.29, 0.717) is 5.92 Å². The standard InChI is InChI=1S/C52H47N/c1-2-40-16-12-13-21-43(40)26-25-39-15-14-24-47(37-39)51-36-35-50(38-52(51)46-22-10-5-11-23-46)53(48-31-27-44(28-32-48)41-17-6-3-7-18-41)49-33-29-45(30-34-49)42-19-8-4-9-20-42/h2-8,10,12-19,21-22,24-27,29,31-33,35-38,44H,1,9,11,20,23,28,30,34H2/b26-25+. The summed E-state index contributed by atoms with van der Waals surface area (Å²) in [6, 6.07) is 35.4. The van der Waals surface area contributed by atoms with E-state index >= 15 is 0 Å². The molecule has 4 aliphatic carbocycles. The van der Waals surface area contributed by atoms with Crippen LogP contribution in [0, 0.1) is 0 Å². The van der Waals surface area contributed by atoms with Crippen LogP contribution in [0.25, 0.3) is 34.9 Å². The van der Waals surface area contributed by atoms with E-state index in [0.717, 1.165) is 50.5 Å². The topological polar surface area (TPSA) is 3.24 Å². The average molecular weight is 686 g/mol. The molecule has 0 heterocycles. The van der Waals surface area contributed by atoms with E-state index in [9.17, 15) is 0 Å². The number of rotatable bonds is 10. The third-order valence-electron chi connectivity index (χ3n) is 10.9. The Morgan fingerprint density at radius 2 is 1.40 bits per heavy atom.